The van der Waals surface area contributed by atoms with Crippen molar-refractivity contribution >= 4 is 44.3 Å². The van der Waals surface area contributed by atoms with Crippen molar-refractivity contribution in [1.82, 2.24) is 0 Å². The first-order valence-corrected chi connectivity index (χ1v) is 6.28. The average Bonchev–Trinajstić information content (AvgIpc) is 2.15. The van der Waals surface area contributed by atoms with Crippen LogP contribution in [0.3, 0.4) is 0 Å². The molecule has 0 aromatic heterocycles. The van der Waals surface area contributed by atoms with E-state index in [9.17, 15) is 18.0 Å². The maximum absolute atomic E-state index is 12.4. The first kappa shape index (κ1) is 14.0. The van der Waals surface area contributed by atoms with Gasteiger partial charge in [-0.2, -0.15) is 13.2 Å². The summed E-state index contributed by atoms with van der Waals surface area (Å²) in [5.41, 5.74) is -0.436. The standard InChI is InChI=1S/C10H7BrF3IO/c1-5(11)9(16)7-3-2-6(4-8(7)15)10(12,13)14/h2-5H,1H3. The van der Waals surface area contributed by atoms with Crippen molar-refractivity contribution in [2.45, 2.75) is 17.9 Å². The van der Waals surface area contributed by atoms with Gasteiger partial charge in [-0.3, -0.25) is 4.79 Å². The Balaban J connectivity index is 3.15. The van der Waals surface area contributed by atoms with E-state index in [4.69, 9.17) is 0 Å². The van der Waals surface area contributed by atoms with Gasteiger partial charge >= 0.3 is 6.18 Å². The van der Waals surface area contributed by atoms with Crippen LogP contribution in [0, 0.1) is 3.57 Å². The fourth-order valence-corrected chi connectivity index (χ4v) is 2.13. The lowest BCUT2D eigenvalue weighted by atomic mass is 10.1. The lowest BCUT2D eigenvalue weighted by molar-refractivity contribution is -0.137. The number of carbonyl (C=O) groups excluding carboxylic acids is 1. The lowest BCUT2D eigenvalue weighted by Crippen LogP contribution is -2.13. The van der Waals surface area contributed by atoms with Gasteiger partial charge in [-0.15, -0.1) is 0 Å². The summed E-state index contributed by atoms with van der Waals surface area (Å²) in [6.45, 7) is 1.64. The predicted octanol–water partition coefficient (Wildman–Crippen LogP) is 4.28. The highest BCUT2D eigenvalue weighted by Gasteiger charge is 2.31. The summed E-state index contributed by atoms with van der Waals surface area (Å²) in [7, 11) is 0. The van der Waals surface area contributed by atoms with Gasteiger partial charge in [0.25, 0.3) is 0 Å². The van der Waals surface area contributed by atoms with Crippen LogP contribution in [0.15, 0.2) is 18.2 Å². The third-order valence-corrected chi connectivity index (χ3v) is 3.23. The predicted molar refractivity (Wildman–Crippen MR) is 66.9 cm³/mol. The molecule has 0 aliphatic carbocycles. The number of halogens is 5. The summed E-state index contributed by atoms with van der Waals surface area (Å²) < 4.78 is 37.4. The summed E-state index contributed by atoms with van der Waals surface area (Å²) in [4.78, 5) is 11.2. The van der Waals surface area contributed by atoms with E-state index in [0.717, 1.165) is 12.1 Å². The van der Waals surface area contributed by atoms with Gasteiger partial charge in [-0.25, -0.2) is 0 Å². The van der Waals surface area contributed by atoms with E-state index in [2.05, 4.69) is 15.9 Å². The van der Waals surface area contributed by atoms with E-state index >= 15 is 0 Å². The Kier molecular flexibility index (Phi) is 4.39. The molecule has 0 aliphatic rings. The first-order chi connectivity index (χ1) is 7.23. The molecule has 1 aromatic carbocycles. The second kappa shape index (κ2) is 5.03. The van der Waals surface area contributed by atoms with Crippen LogP contribution in [0.25, 0.3) is 0 Å². The van der Waals surface area contributed by atoms with E-state index in [-0.39, 0.29) is 5.78 Å². The van der Waals surface area contributed by atoms with E-state index in [1.165, 1.54) is 6.07 Å². The molecule has 1 unspecified atom stereocenters. The lowest BCUT2D eigenvalue weighted by Gasteiger charge is -2.10. The third kappa shape index (κ3) is 3.19. The van der Waals surface area contributed by atoms with Crippen LogP contribution in [-0.4, -0.2) is 10.6 Å². The molecule has 1 nitrogen and oxygen atoms in total. The molecule has 0 N–H and O–H groups in total. The minimum absolute atomic E-state index is 0.224. The molecule has 0 heterocycles. The maximum Gasteiger partial charge on any atom is 0.416 e. The monoisotopic (exact) mass is 406 g/mol. The molecule has 0 saturated heterocycles. The van der Waals surface area contributed by atoms with Crippen molar-refractivity contribution < 1.29 is 18.0 Å². The van der Waals surface area contributed by atoms with Crippen molar-refractivity contribution in [3.63, 3.8) is 0 Å². The molecule has 0 amide bonds. The van der Waals surface area contributed by atoms with Crippen LogP contribution in [0.1, 0.15) is 22.8 Å². The highest BCUT2D eigenvalue weighted by atomic mass is 127. The minimum atomic E-state index is -4.37. The maximum atomic E-state index is 12.4. The van der Waals surface area contributed by atoms with E-state index in [1.54, 1.807) is 29.5 Å². The number of Topliss-reactive ketones (excluding diaryl/α,β-unsaturated/α-hetero) is 1. The van der Waals surface area contributed by atoms with Crippen molar-refractivity contribution in [1.29, 1.82) is 0 Å². The number of hydrogen-bond acceptors (Lipinski definition) is 1. The van der Waals surface area contributed by atoms with Crippen molar-refractivity contribution in [2.75, 3.05) is 0 Å². The molecule has 16 heavy (non-hydrogen) atoms. The number of hydrogen-bond donors (Lipinski definition) is 0. The molecule has 0 fully saturated rings. The van der Waals surface area contributed by atoms with Crippen LogP contribution in [0.4, 0.5) is 13.2 Å². The zero-order valence-electron chi connectivity index (χ0n) is 8.11. The summed E-state index contributed by atoms with van der Waals surface area (Å²) in [6, 6.07) is 3.11. The van der Waals surface area contributed by atoms with E-state index in [1.807, 2.05) is 0 Å². The summed E-state index contributed by atoms with van der Waals surface area (Å²) in [6.07, 6.45) is -4.37. The zero-order chi connectivity index (χ0) is 12.5. The first-order valence-electron chi connectivity index (χ1n) is 4.28. The van der Waals surface area contributed by atoms with Crippen LogP contribution in [-0.2, 0) is 6.18 Å². The molecule has 0 aliphatic heterocycles. The number of alkyl halides is 4. The highest BCUT2D eigenvalue weighted by Crippen LogP contribution is 2.31. The van der Waals surface area contributed by atoms with Crippen LogP contribution < -0.4 is 0 Å². The minimum Gasteiger partial charge on any atom is -0.293 e. The van der Waals surface area contributed by atoms with Crippen molar-refractivity contribution in [2.24, 2.45) is 0 Å². The van der Waals surface area contributed by atoms with Crippen LogP contribution in [0.5, 0.6) is 0 Å². The van der Waals surface area contributed by atoms with E-state index in [0.29, 0.717) is 9.13 Å². The number of benzene rings is 1. The molecule has 1 atom stereocenters. The summed E-state index contributed by atoms with van der Waals surface area (Å²) in [5, 5.41) is 0. The van der Waals surface area contributed by atoms with Crippen molar-refractivity contribution in [3.8, 4) is 0 Å². The Labute approximate surface area is 113 Å². The number of ketones is 1. The Morgan fingerprint density at radius 1 is 1.44 bits per heavy atom. The molecule has 1 aromatic rings. The van der Waals surface area contributed by atoms with Gasteiger partial charge in [-0.05, 0) is 47.7 Å². The third-order valence-electron chi connectivity index (χ3n) is 1.92. The average molecular weight is 407 g/mol. The molecule has 1 rings (SSSR count). The Hall–Kier alpha value is -0.110. The number of carbonyl (C=O) groups is 1. The van der Waals surface area contributed by atoms with Crippen LogP contribution in [0.2, 0.25) is 0 Å². The SMILES string of the molecule is CC(Br)C(=O)c1ccc(C(F)(F)F)cc1I. The topological polar surface area (TPSA) is 17.1 Å². The molecule has 0 saturated carbocycles. The Morgan fingerprint density at radius 2 is 2.00 bits per heavy atom. The number of rotatable bonds is 2. The molecule has 88 valence electrons. The fourth-order valence-electron chi connectivity index (χ4n) is 1.11. The zero-order valence-corrected chi connectivity index (χ0v) is 11.9. The van der Waals surface area contributed by atoms with Gasteiger partial charge in [0.2, 0.25) is 0 Å². The van der Waals surface area contributed by atoms with Gasteiger partial charge in [0, 0.05) is 9.13 Å². The highest BCUT2D eigenvalue weighted by molar-refractivity contribution is 14.1. The van der Waals surface area contributed by atoms with Crippen LogP contribution >= 0.6 is 38.5 Å². The van der Waals surface area contributed by atoms with Crippen molar-refractivity contribution in [3.05, 3.63) is 32.9 Å². The van der Waals surface area contributed by atoms with E-state index < -0.39 is 16.6 Å². The molecule has 0 bridgehead atoms. The molecule has 0 spiro atoms. The van der Waals surface area contributed by atoms with Gasteiger partial charge in [0.15, 0.2) is 5.78 Å². The second-order valence-electron chi connectivity index (χ2n) is 3.17. The summed E-state index contributed by atoms with van der Waals surface area (Å²) >= 11 is 4.83. The molecular weight excluding hydrogens is 400 g/mol. The molecular formula is C10H7BrF3IO. The molecule has 6 heteroatoms. The Morgan fingerprint density at radius 3 is 2.38 bits per heavy atom. The van der Waals surface area contributed by atoms with Gasteiger partial charge in [0.05, 0.1) is 10.4 Å². The second-order valence-corrected chi connectivity index (χ2v) is 5.71. The largest absolute Gasteiger partial charge is 0.416 e. The Bertz CT molecular complexity index is 415. The smallest absolute Gasteiger partial charge is 0.293 e. The molecule has 0 radical (unpaired) electrons. The normalized spacial score (nSPS) is 13.6. The van der Waals surface area contributed by atoms with Gasteiger partial charge < -0.3 is 0 Å². The van der Waals surface area contributed by atoms with Gasteiger partial charge in [-0.1, -0.05) is 15.9 Å². The quantitative estimate of drug-likeness (QED) is 0.407. The fraction of sp³-hybridized carbons (Fsp3) is 0.300. The summed E-state index contributed by atoms with van der Waals surface area (Å²) in [5.74, 6) is -0.224. The van der Waals surface area contributed by atoms with Gasteiger partial charge in [0.1, 0.15) is 0 Å².